The second-order valence-electron chi connectivity index (χ2n) is 8.99. The molecule has 10 heteroatoms. The lowest BCUT2D eigenvalue weighted by Gasteiger charge is -2.17. The molecule has 0 unspecified atom stereocenters. The van der Waals surface area contributed by atoms with Crippen LogP contribution in [0.25, 0.3) is 34.0 Å². The van der Waals surface area contributed by atoms with Gasteiger partial charge in [0.1, 0.15) is 0 Å². The first kappa shape index (κ1) is 27.0. The zero-order valence-corrected chi connectivity index (χ0v) is 21.0. The highest BCUT2D eigenvalue weighted by molar-refractivity contribution is 5.74. The third kappa shape index (κ3) is 6.09. The Balaban J connectivity index is 1.69. The van der Waals surface area contributed by atoms with Gasteiger partial charge in [0.2, 0.25) is 5.82 Å². The van der Waals surface area contributed by atoms with Crippen LogP contribution >= 0.6 is 0 Å². The first-order valence-corrected chi connectivity index (χ1v) is 11.7. The van der Waals surface area contributed by atoms with E-state index in [1.807, 2.05) is 43.3 Å². The van der Waals surface area contributed by atoms with Crippen molar-refractivity contribution in [1.82, 2.24) is 15.0 Å². The van der Waals surface area contributed by atoms with Crippen molar-refractivity contribution in [1.29, 1.82) is 0 Å². The summed E-state index contributed by atoms with van der Waals surface area (Å²) < 4.78 is 52.6. The molecule has 4 aromatic rings. The lowest BCUT2D eigenvalue weighted by atomic mass is 9.94. The number of methoxy groups -OCH3 is 1. The maximum atomic E-state index is 14.0. The molecule has 0 bridgehead atoms. The molecule has 3 aromatic carbocycles. The van der Waals surface area contributed by atoms with Crippen LogP contribution < -0.4 is 0 Å². The van der Waals surface area contributed by atoms with E-state index in [0.717, 1.165) is 28.3 Å². The van der Waals surface area contributed by atoms with Crippen molar-refractivity contribution in [2.75, 3.05) is 20.7 Å². The molecule has 38 heavy (non-hydrogen) atoms. The number of likely N-dealkylation sites (N-methyl/N-ethyl adjacent to an activating group) is 1. The number of aromatic nitrogens is 2. The third-order valence-corrected chi connectivity index (χ3v) is 6.00. The molecule has 0 saturated carbocycles. The average molecular weight is 526 g/mol. The maximum Gasteiger partial charge on any atom is 0.417 e. The van der Waals surface area contributed by atoms with Gasteiger partial charge in [0.05, 0.1) is 18.7 Å². The van der Waals surface area contributed by atoms with Crippen molar-refractivity contribution >= 4 is 5.97 Å². The SMILES string of the molecule is COCc1cc(-c2nc(-c3ccc(CN(C)CC(=O)O)cc3C(F)(F)F)no2)ccc1-c1ccccc1C. The van der Waals surface area contributed by atoms with Crippen LogP contribution in [0.5, 0.6) is 0 Å². The van der Waals surface area contributed by atoms with Crippen LogP contribution in [-0.2, 0) is 28.9 Å². The van der Waals surface area contributed by atoms with E-state index in [9.17, 15) is 18.0 Å². The largest absolute Gasteiger partial charge is 0.480 e. The molecule has 198 valence electrons. The number of rotatable bonds is 9. The van der Waals surface area contributed by atoms with Gasteiger partial charge < -0.3 is 14.4 Å². The summed E-state index contributed by atoms with van der Waals surface area (Å²) in [5, 5.41) is 12.7. The predicted octanol–water partition coefficient (Wildman–Crippen LogP) is 6.06. The normalized spacial score (nSPS) is 11.8. The van der Waals surface area contributed by atoms with Gasteiger partial charge in [0.25, 0.3) is 5.89 Å². The third-order valence-electron chi connectivity index (χ3n) is 6.00. The molecule has 0 radical (unpaired) electrons. The molecule has 0 aliphatic heterocycles. The summed E-state index contributed by atoms with van der Waals surface area (Å²) in [5.41, 5.74) is 3.67. The standard InChI is InChI=1S/C28H26F3N3O4/c1-17-6-4-5-7-21(17)22-11-9-19(13-20(22)16-37-3)27-32-26(33-38-27)23-10-8-18(12-24(23)28(29,30)31)14-34(2)15-25(35)36/h4-13H,14-16H2,1-3H3,(H,35,36). The topological polar surface area (TPSA) is 88.7 Å². The van der Waals surface area contributed by atoms with Crippen molar-refractivity contribution in [2.45, 2.75) is 26.3 Å². The first-order chi connectivity index (χ1) is 18.1. The van der Waals surface area contributed by atoms with Crippen molar-refractivity contribution in [3.8, 4) is 34.0 Å². The zero-order valence-electron chi connectivity index (χ0n) is 21.0. The summed E-state index contributed by atoms with van der Waals surface area (Å²) in [6.45, 7) is 2.06. The van der Waals surface area contributed by atoms with E-state index in [4.69, 9.17) is 14.4 Å². The van der Waals surface area contributed by atoms with E-state index >= 15 is 0 Å². The minimum atomic E-state index is -4.68. The number of benzene rings is 3. The number of ether oxygens (including phenoxy) is 1. The number of halogens is 3. The fourth-order valence-electron chi connectivity index (χ4n) is 4.31. The van der Waals surface area contributed by atoms with Crippen LogP contribution in [0.3, 0.4) is 0 Å². The number of aryl methyl sites for hydroxylation is 1. The van der Waals surface area contributed by atoms with E-state index in [2.05, 4.69) is 10.1 Å². The highest BCUT2D eigenvalue weighted by Gasteiger charge is 2.35. The molecular weight excluding hydrogens is 499 g/mol. The fourth-order valence-corrected chi connectivity index (χ4v) is 4.31. The second kappa shape index (κ2) is 11.2. The predicted molar refractivity (Wildman–Crippen MR) is 135 cm³/mol. The van der Waals surface area contributed by atoms with Gasteiger partial charge in [-0.1, -0.05) is 47.6 Å². The molecule has 0 fully saturated rings. The van der Waals surface area contributed by atoms with Gasteiger partial charge in [0, 0.05) is 24.8 Å². The smallest absolute Gasteiger partial charge is 0.417 e. The van der Waals surface area contributed by atoms with Crippen LogP contribution in [-0.4, -0.2) is 46.8 Å². The van der Waals surface area contributed by atoms with Crippen LogP contribution in [0, 0.1) is 6.92 Å². The molecule has 0 aliphatic rings. The van der Waals surface area contributed by atoms with Gasteiger partial charge in [-0.15, -0.1) is 0 Å². The van der Waals surface area contributed by atoms with E-state index in [1.165, 1.54) is 24.1 Å². The highest BCUT2D eigenvalue weighted by atomic mass is 19.4. The lowest BCUT2D eigenvalue weighted by molar-refractivity contribution is -0.139. The number of nitrogens with zero attached hydrogens (tertiary/aromatic N) is 3. The van der Waals surface area contributed by atoms with E-state index in [1.54, 1.807) is 13.2 Å². The van der Waals surface area contributed by atoms with Gasteiger partial charge in [0.15, 0.2) is 0 Å². The maximum absolute atomic E-state index is 14.0. The number of carbonyl (C=O) groups is 1. The number of hydrogen-bond acceptors (Lipinski definition) is 6. The van der Waals surface area contributed by atoms with Gasteiger partial charge in [-0.2, -0.15) is 18.2 Å². The molecule has 0 atom stereocenters. The molecular formula is C28H26F3N3O4. The molecule has 0 saturated heterocycles. The Morgan fingerprint density at radius 2 is 1.79 bits per heavy atom. The number of hydrogen-bond donors (Lipinski definition) is 1. The highest BCUT2D eigenvalue weighted by Crippen LogP contribution is 2.38. The fraction of sp³-hybridized carbons (Fsp3) is 0.250. The molecule has 1 heterocycles. The number of carboxylic acid groups (broad SMARTS) is 1. The molecule has 0 amide bonds. The summed E-state index contributed by atoms with van der Waals surface area (Å²) in [6.07, 6.45) is -4.68. The first-order valence-electron chi connectivity index (χ1n) is 11.7. The van der Waals surface area contributed by atoms with Crippen molar-refractivity contribution in [2.24, 2.45) is 0 Å². The van der Waals surface area contributed by atoms with Crippen molar-refractivity contribution < 1.29 is 32.3 Å². The quantitative estimate of drug-likeness (QED) is 0.284. The van der Waals surface area contributed by atoms with Crippen molar-refractivity contribution in [3.63, 3.8) is 0 Å². The molecule has 4 rings (SSSR count). The Labute approximate surface area is 217 Å². The molecule has 0 spiro atoms. The molecule has 1 aromatic heterocycles. The van der Waals surface area contributed by atoms with Crippen LogP contribution in [0.2, 0.25) is 0 Å². The average Bonchev–Trinajstić information content (AvgIpc) is 3.34. The summed E-state index contributed by atoms with van der Waals surface area (Å²) in [5.74, 6) is -1.19. The Hall–Kier alpha value is -4.02. The lowest BCUT2D eigenvalue weighted by Crippen LogP contribution is -2.25. The van der Waals surface area contributed by atoms with E-state index in [0.29, 0.717) is 17.7 Å². The molecule has 7 nitrogen and oxygen atoms in total. The number of alkyl halides is 3. The number of aliphatic carboxylic acids is 1. The van der Waals surface area contributed by atoms with Crippen molar-refractivity contribution in [3.05, 3.63) is 82.9 Å². The number of carboxylic acids is 1. The summed E-state index contributed by atoms with van der Waals surface area (Å²) in [6, 6.07) is 17.2. The van der Waals surface area contributed by atoms with Gasteiger partial charge in [-0.05, 0) is 60.0 Å². The van der Waals surface area contributed by atoms with Crippen LogP contribution in [0.1, 0.15) is 22.3 Å². The zero-order chi connectivity index (χ0) is 27.4. The van der Waals surface area contributed by atoms with Crippen LogP contribution in [0.4, 0.5) is 13.2 Å². The minimum absolute atomic E-state index is 0.0304. The Bertz CT molecular complexity index is 1450. The Morgan fingerprint density at radius 3 is 2.47 bits per heavy atom. The summed E-state index contributed by atoms with van der Waals surface area (Å²) >= 11 is 0. The molecule has 1 N–H and O–H groups in total. The summed E-state index contributed by atoms with van der Waals surface area (Å²) in [4.78, 5) is 16.6. The van der Waals surface area contributed by atoms with Crippen LogP contribution in [0.15, 0.2) is 65.2 Å². The van der Waals surface area contributed by atoms with E-state index < -0.39 is 17.7 Å². The van der Waals surface area contributed by atoms with Gasteiger partial charge >= 0.3 is 12.1 Å². The minimum Gasteiger partial charge on any atom is -0.480 e. The van der Waals surface area contributed by atoms with Gasteiger partial charge in [-0.25, -0.2) is 0 Å². The second-order valence-corrected chi connectivity index (χ2v) is 8.99. The summed E-state index contributed by atoms with van der Waals surface area (Å²) in [7, 11) is 3.10. The molecule has 0 aliphatic carbocycles. The Morgan fingerprint density at radius 1 is 1.05 bits per heavy atom. The van der Waals surface area contributed by atoms with E-state index in [-0.39, 0.29) is 30.4 Å². The Kier molecular flexibility index (Phi) is 7.94. The monoisotopic (exact) mass is 525 g/mol. The van der Waals surface area contributed by atoms with Gasteiger partial charge in [-0.3, -0.25) is 9.69 Å².